The molecule has 0 aliphatic carbocycles. The molecule has 98 valence electrons. The summed E-state index contributed by atoms with van der Waals surface area (Å²) in [5.74, 6) is 0.695. The summed E-state index contributed by atoms with van der Waals surface area (Å²) in [6.45, 7) is 4.13. The van der Waals surface area contributed by atoms with E-state index in [-0.39, 0.29) is 0 Å². The fourth-order valence-electron chi connectivity index (χ4n) is 1.72. The fourth-order valence-corrected chi connectivity index (χ4v) is 2.60. The van der Waals surface area contributed by atoms with Gasteiger partial charge < -0.3 is 10.5 Å². The quantitative estimate of drug-likeness (QED) is 0.743. The lowest BCUT2D eigenvalue weighted by atomic mass is 10.3. The number of aromatic nitrogens is 3. The third kappa shape index (κ3) is 2.39. The monoisotopic (exact) mass is 274 g/mol. The first-order chi connectivity index (χ1) is 9.11. The van der Waals surface area contributed by atoms with Crippen molar-refractivity contribution in [3.05, 3.63) is 30.6 Å². The molecule has 2 aromatic heterocycles. The van der Waals surface area contributed by atoms with E-state index in [2.05, 4.69) is 23.9 Å². The van der Waals surface area contributed by atoms with Gasteiger partial charge in [-0.15, -0.1) is 0 Å². The van der Waals surface area contributed by atoms with E-state index in [1.165, 1.54) is 11.3 Å². The standard InChI is InChI=1S/C13H14N4OS/c1-8(2)17-7-10(6-15-17)18-13-16-11-4-3-9(14)5-12(11)19-13/h3-8H,14H2,1-2H3. The molecule has 0 aliphatic heterocycles. The average Bonchev–Trinajstić information content (AvgIpc) is 2.95. The molecule has 3 rings (SSSR count). The van der Waals surface area contributed by atoms with E-state index in [9.17, 15) is 0 Å². The molecule has 0 saturated carbocycles. The molecule has 2 N–H and O–H groups in total. The summed E-state index contributed by atoms with van der Waals surface area (Å²) < 4.78 is 8.58. The number of anilines is 1. The van der Waals surface area contributed by atoms with E-state index < -0.39 is 0 Å². The van der Waals surface area contributed by atoms with E-state index in [4.69, 9.17) is 10.5 Å². The van der Waals surface area contributed by atoms with E-state index >= 15 is 0 Å². The van der Waals surface area contributed by atoms with Gasteiger partial charge in [-0.2, -0.15) is 5.10 Å². The Hall–Kier alpha value is -2.08. The molecule has 0 unspecified atom stereocenters. The van der Waals surface area contributed by atoms with Crippen molar-refractivity contribution in [1.29, 1.82) is 0 Å². The van der Waals surface area contributed by atoms with Crippen LogP contribution in [0.5, 0.6) is 10.9 Å². The molecule has 19 heavy (non-hydrogen) atoms. The second kappa shape index (κ2) is 4.55. The zero-order valence-corrected chi connectivity index (χ0v) is 11.5. The van der Waals surface area contributed by atoms with Gasteiger partial charge in [0.2, 0.25) is 0 Å². The summed E-state index contributed by atoms with van der Waals surface area (Å²) in [5.41, 5.74) is 7.37. The molecular formula is C13H14N4OS. The highest BCUT2D eigenvalue weighted by Crippen LogP contribution is 2.32. The second-order valence-electron chi connectivity index (χ2n) is 4.56. The first-order valence-electron chi connectivity index (χ1n) is 6.00. The highest BCUT2D eigenvalue weighted by Gasteiger charge is 2.08. The summed E-state index contributed by atoms with van der Waals surface area (Å²) >= 11 is 1.47. The van der Waals surface area contributed by atoms with Crippen molar-refractivity contribution in [3.63, 3.8) is 0 Å². The Morgan fingerprint density at radius 2 is 2.21 bits per heavy atom. The zero-order valence-electron chi connectivity index (χ0n) is 10.7. The molecule has 0 bridgehead atoms. The number of hydrogen-bond donors (Lipinski definition) is 1. The minimum atomic E-state index is 0.313. The van der Waals surface area contributed by atoms with Crippen LogP contribution in [0.25, 0.3) is 10.2 Å². The number of ether oxygens (including phenoxy) is 1. The summed E-state index contributed by atoms with van der Waals surface area (Å²) in [6, 6.07) is 5.94. The molecule has 0 atom stereocenters. The van der Waals surface area contributed by atoms with E-state index in [1.54, 1.807) is 6.20 Å². The minimum absolute atomic E-state index is 0.313. The van der Waals surface area contributed by atoms with Gasteiger partial charge in [0.1, 0.15) is 0 Å². The Labute approximate surface area is 114 Å². The van der Waals surface area contributed by atoms with Crippen LogP contribution >= 0.6 is 11.3 Å². The van der Waals surface area contributed by atoms with Crippen LogP contribution in [-0.2, 0) is 0 Å². The number of rotatable bonds is 3. The Bertz CT molecular complexity index is 716. The lowest BCUT2D eigenvalue weighted by Crippen LogP contribution is -1.99. The maximum absolute atomic E-state index is 5.75. The summed E-state index contributed by atoms with van der Waals surface area (Å²) in [7, 11) is 0. The summed E-state index contributed by atoms with van der Waals surface area (Å²) in [4.78, 5) is 4.41. The van der Waals surface area contributed by atoms with Gasteiger partial charge in [-0.3, -0.25) is 4.68 Å². The highest BCUT2D eigenvalue weighted by molar-refractivity contribution is 7.20. The van der Waals surface area contributed by atoms with Crippen LogP contribution in [0.15, 0.2) is 30.6 Å². The van der Waals surface area contributed by atoms with E-state index in [1.807, 2.05) is 29.1 Å². The van der Waals surface area contributed by atoms with Crippen LogP contribution in [0.4, 0.5) is 5.69 Å². The van der Waals surface area contributed by atoms with Crippen molar-refractivity contribution < 1.29 is 4.74 Å². The lowest BCUT2D eigenvalue weighted by molar-refractivity contribution is 0.475. The fraction of sp³-hybridized carbons (Fsp3) is 0.231. The van der Waals surface area contributed by atoms with Crippen molar-refractivity contribution in [2.45, 2.75) is 19.9 Å². The van der Waals surface area contributed by atoms with Gasteiger partial charge in [-0.05, 0) is 32.0 Å². The van der Waals surface area contributed by atoms with Crippen LogP contribution in [-0.4, -0.2) is 14.8 Å². The van der Waals surface area contributed by atoms with Crippen molar-refractivity contribution in [2.75, 3.05) is 5.73 Å². The topological polar surface area (TPSA) is 66.0 Å². The van der Waals surface area contributed by atoms with Gasteiger partial charge in [-0.25, -0.2) is 4.98 Å². The number of fused-ring (bicyclic) bond motifs is 1. The molecule has 6 heteroatoms. The predicted molar refractivity (Wildman–Crippen MR) is 76.7 cm³/mol. The zero-order chi connectivity index (χ0) is 13.4. The van der Waals surface area contributed by atoms with Crippen LogP contribution in [0.1, 0.15) is 19.9 Å². The molecule has 3 aromatic rings. The molecule has 0 aliphatic rings. The predicted octanol–water partition coefficient (Wildman–Crippen LogP) is 3.45. The number of benzene rings is 1. The number of hydrogen-bond acceptors (Lipinski definition) is 5. The van der Waals surface area contributed by atoms with Gasteiger partial charge in [0.25, 0.3) is 5.19 Å². The van der Waals surface area contributed by atoms with Crippen LogP contribution in [0.3, 0.4) is 0 Å². The Morgan fingerprint density at radius 3 is 2.95 bits per heavy atom. The van der Waals surface area contributed by atoms with Gasteiger partial charge in [0, 0.05) is 11.7 Å². The molecule has 0 radical (unpaired) electrons. The molecule has 0 amide bonds. The van der Waals surface area contributed by atoms with Gasteiger partial charge >= 0.3 is 0 Å². The minimum Gasteiger partial charge on any atom is -0.428 e. The molecule has 5 nitrogen and oxygen atoms in total. The third-order valence-corrected chi connectivity index (χ3v) is 3.60. The first-order valence-corrected chi connectivity index (χ1v) is 6.81. The van der Waals surface area contributed by atoms with Gasteiger partial charge in [0.05, 0.1) is 22.6 Å². The molecule has 0 saturated heterocycles. The molecule has 0 spiro atoms. The largest absolute Gasteiger partial charge is 0.428 e. The SMILES string of the molecule is CC(C)n1cc(Oc2nc3ccc(N)cc3s2)cn1. The van der Waals surface area contributed by atoms with Crippen molar-refractivity contribution in [1.82, 2.24) is 14.8 Å². The van der Waals surface area contributed by atoms with E-state index in [0.717, 1.165) is 15.9 Å². The van der Waals surface area contributed by atoms with E-state index in [0.29, 0.717) is 17.0 Å². The average molecular weight is 274 g/mol. The van der Waals surface area contributed by atoms with Crippen molar-refractivity contribution >= 4 is 27.2 Å². The van der Waals surface area contributed by atoms with Gasteiger partial charge in [-0.1, -0.05) is 11.3 Å². The molecule has 0 fully saturated rings. The number of thiazole rings is 1. The van der Waals surface area contributed by atoms with Crippen LogP contribution < -0.4 is 10.5 Å². The molecular weight excluding hydrogens is 260 g/mol. The van der Waals surface area contributed by atoms with Crippen molar-refractivity contribution in [3.8, 4) is 10.9 Å². The highest BCUT2D eigenvalue weighted by atomic mass is 32.1. The third-order valence-electron chi connectivity index (χ3n) is 2.70. The summed E-state index contributed by atoms with van der Waals surface area (Å²) in [5, 5.41) is 4.83. The normalized spacial score (nSPS) is 11.3. The van der Waals surface area contributed by atoms with Gasteiger partial charge in [0.15, 0.2) is 5.75 Å². The van der Waals surface area contributed by atoms with Crippen LogP contribution in [0.2, 0.25) is 0 Å². The number of nitrogens with zero attached hydrogens (tertiary/aromatic N) is 3. The molecule has 1 aromatic carbocycles. The second-order valence-corrected chi connectivity index (χ2v) is 5.55. The first kappa shape index (κ1) is 12.0. The molecule has 2 heterocycles. The van der Waals surface area contributed by atoms with Crippen molar-refractivity contribution in [2.24, 2.45) is 0 Å². The smallest absolute Gasteiger partial charge is 0.279 e. The van der Waals surface area contributed by atoms with Crippen LogP contribution in [0, 0.1) is 0 Å². The number of nitrogen functional groups attached to an aromatic ring is 1. The summed E-state index contributed by atoms with van der Waals surface area (Å²) in [6.07, 6.45) is 3.56. The number of nitrogens with two attached hydrogens (primary N) is 1. The Morgan fingerprint density at radius 1 is 1.37 bits per heavy atom. The maximum Gasteiger partial charge on any atom is 0.279 e. The Balaban J connectivity index is 1.87. The Kier molecular flexibility index (Phi) is 2.87. The lowest BCUT2D eigenvalue weighted by Gasteiger charge is -2.02. The maximum atomic E-state index is 5.75.